The van der Waals surface area contributed by atoms with E-state index in [4.69, 9.17) is 10.5 Å². The van der Waals surface area contributed by atoms with Crippen molar-refractivity contribution in [3.05, 3.63) is 40.6 Å². The number of aromatic nitrogens is 2. The van der Waals surface area contributed by atoms with Crippen molar-refractivity contribution in [1.29, 1.82) is 0 Å². The molecule has 6 heteroatoms. The fraction of sp³-hybridized carbons (Fsp3) is 0. The number of hydrogen-bond donors (Lipinski definition) is 1. The number of rotatable bonds is 2. The highest BCUT2D eigenvalue weighted by Crippen LogP contribution is 2.29. The summed E-state index contributed by atoms with van der Waals surface area (Å²) in [7, 11) is 0. The van der Waals surface area contributed by atoms with E-state index in [0.717, 1.165) is 0 Å². The van der Waals surface area contributed by atoms with E-state index in [0.29, 0.717) is 16.0 Å². The Morgan fingerprint density at radius 2 is 2.00 bits per heavy atom. The number of ether oxygens (including phenoxy) is 1. The lowest BCUT2D eigenvalue weighted by molar-refractivity contribution is 0.448. The molecular formula is C10H7BrFN3O. The quantitative estimate of drug-likeness (QED) is 0.921. The first-order valence-corrected chi connectivity index (χ1v) is 5.16. The molecule has 0 unspecified atom stereocenters. The fourth-order valence-corrected chi connectivity index (χ4v) is 1.38. The van der Waals surface area contributed by atoms with Gasteiger partial charge in [-0.2, -0.15) is 0 Å². The number of nitrogens with two attached hydrogens (primary N) is 1. The van der Waals surface area contributed by atoms with E-state index in [1.54, 1.807) is 18.2 Å². The predicted molar refractivity (Wildman–Crippen MR) is 60.6 cm³/mol. The molecule has 0 spiro atoms. The van der Waals surface area contributed by atoms with Crippen LogP contribution in [0.1, 0.15) is 0 Å². The molecule has 0 saturated heterocycles. The minimum atomic E-state index is -0.387. The molecule has 2 aromatic rings. The molecule has 1 aromatic heterocycles. The smallest absolute Gasteiger partial charge is 0.239 e. The highest BCUT2D eigenvalue weighted by molar-refractivity contribution is 9.10. The summed E-state index contributed by atoms with van der Waals surface area (Å²) in [6, 6.07) is 7.23. The largest absolute Gasteiger partial charge is 0.436 e. The van der Waals surface area contributed by atoms with E-state index >= 15 is 0 Å². The third-order valence-electron chi connectivity index (χ3n) is 1.77. The molecule has 0 radical (unpaired) electrons. The Hall–Kier alpha value is -1.69. The highest BCUT2D eigenvalue weighted by atomic mass is 79.9. The highest BCUT2D eigenvalue weighted by Gasteiger charge is 2.05. The van der Waals surface area contributed by atoms with Gasteiger partial charge in [-0.1, -0.05) is 0 Å². The van der Waals surface area contributed by atoms with Crippen LogP contribution in [-0.4, -0.2) is 10.2 Å². The number of hydrogen-bond acceptors (Lipinski definition) is 4. The SMILES string of the molecule is Nc1ccc(Oc2cc(F)ccc2Br)nn1. The van der Waals surface area contributed by atoms with Gasteiger partial charge in [0.2, 0.25) is 5.88 Å². The number of halogens is 2. The van der Waals surface area contributed by atoms with Crippen LogP contribution in [0.5, 0.6) is 11.6 Å². The normalized spacial score (nSPS) is 10.1. The molecule has 1 aromatic carbocycles. The third-order valence-corrected chi connectivity index (χ3v) is 2.42. The van der Waals surface area contributed by atoms with Gasteiger partial charge in [0, 0.05) is 12.1 Å². The van der Waals surface area contributed by atoms with Crippen molar-refractivity contribution < 1.29 is 9.13 Å². The average molecular weight is 284 g/mol. The molecule has 0 aliphatic rings. The maximum atomic E-state index is 13.0. The summed E-state index contributed by atoms with van der Waals surface area (Å²) in [4.78, 5) is 0. The van der Waals surface area contributed by atoms with E-state index in [-0.39, 0.29) is 11.7 Å². The van der Waals surface area contributed by atoms with Gasteiger partial charge in [-0.25, -0.2) is 4.39 Å². The standard InChI is InChI=1S/C10H7BrFN3O/c11-7-2-1-6(12)5-8(7)16-10-4-3-9(13)14-15-10/h1-5H,(H2,13,14). The molecular weight excluding hydrogens is 277 g/mol. The molecule has 0 bridgehead atoms. The second kappa shape index (κ2) is 4.44. The lowest BCUT2D eigenvalue weighted by Crippen LogP contribution is -1.95. The molecule has 0 amide bonds. The van der Waals surface area contributed by atoms with Gasteiger partial charge in [0.1, 0.15) is 17.4 Å². The topological polar surface area (TPSA) is 61.0 Å². The van der Waals surface area contributed by atoms with Gasteiger partial charge in [-0.05, 0) is 34.1 Å². The van der Waals surface area contributed by atoms with E-state index in [1.165, 1.54) is 12.1 Å². The van der Waals surface area contributed by atoms with Crippen LogP contribution in [0, 0.1) is 5.82 Å². The number of benzene rings is 1. The second-order valence-electron chi connectivity index (χ2n) is 2.97. The molecule has 2 N–H and O–H groups in total. The van der Waals surface area contributed by atoms with Gasteiger partial charge in [-0.3, -0.25) is 0 Å². The zero-order chi connectivity index (χ0) is 11.5. The molecule has 0 aliphatic heterocycles. The zero-order valence-corrected chi connectivity index (χ0v) is 9.61. The van der Waals surface area contributed by atoms with E-state index < -0.39 is 0 Å². The number of nitrogen functional groups attached to an aromatic ring is 1. The van der Waals surface area contributed by atoms with Crippen molar-refractivity contribution in [2.24, 2.45) is 0 Å². The van der Waals surface area contributed by atoms with E-state index in [1.807, 2.05) is 0 Å². The fourth-order valence-electron chi connectivity index (χ4n) is 1.05. The van der Waals surface area contributed by atoms with Crippen LogP contribution in [-0.2, 0) is 0 Å². The molecule has 82 valence electrons. The Labute approximate surface area is 99.4 Å². The molecule has 1 heterocycles. The van der Waals surface area contributed by atoms with Gasteiger partial charge in [0.25, 0.3) is 0 Å². The van der Waals surface area contributed by atoms with Crippen LogP contribution in [0.25, 0.3) is 0 Å². The van der Waals surface area contributed by atoms with Gasteiger partial charge in [0.15, 0.2) is 0 Å². The van der Waals surface area contributed by atoms with Crippen molar-refractivity contribution in [3.8, 4) is 11.6 Å². The summed E-state index contributed by atoms with van der Waals surface area (Å²) in [5.74, 6) is 0.492. The first-order valence-electron chi connectivity index (χ1n) is 4.37. The van der Waals surface area contributed by atoms with Crippen LogP contribution in [0.4, 0.5) is 10.2 Å². The predicted octanol–water partition coefficient (Wildman–Crippen LogP) is 2.75. The molecule has 0 fully saturated rings. The average Bonchev–Trinajstić information content (AvgIpc) is 2.27. The zero-order valence-electron chi connectivity index (χ0n) is 8.02. The lowest BCUT2D eigenvalue weighted by atomic mass is 10.3. The first-order chi connectivity index (χ1) is 7.65. The van der Waals surface area contributed by atoms with Crippen molar-refractivity contribution in [2.45, 2.75) is 0 Å². The first kappa shape index (κ1) is 10.8. The molecule has 4 nitrogen and oxygen atoms in total. The Morgan fingerprint density at radius 3 is 2.69 bits per heavy atom. The van der Waals surface area contributed by atoms with Crippen LogP contribution >= 0.6 is 15.9 Å². The van der Waals surface area contributed by atoms with Crippen LogP contribution in [0.15, 0.2) is 34.8 Å². The number of nitrogens with zero attached hydrogens (tertiary/aromatic N) is 2. The summed E-state index contributed by atoms with van der Waals surface area (Å²) >= 11 is 3.24. The van der Waals surface area contributed by atoms with Crippen molar-refractivity contribution in [2.75, 3.05) is 5.73 Å². The summed E-state index contributed by atoms with van der Waals surface area (Å²) < 4.78 is 18.9. The van der Waals surface area contributed by atoms with E-state index in [9.17, 15) is 4.39 Å². The third kappa shape index (κ3) is 2.46. The lowest BCUT2D eigenvalue weighted by Gasteiger charge is -2.05. The Kier molecular flexibility index (Phi) is 3.00. The van der Waals surface area contributed by atoms with Crippen LogP contribution in [0.3, 0.4) is 0 Å². The van der Waals surface area contributed by atoms with Crippen molar-refractivity contribution >= 4 is 21.7 Å². The van der Waals surface area contributed by atoms with Gasteiger partial charge in [-0.15, -0.1) is 10.2 Å². The van der Waals surface area contributed by atoms with Gasteiger partial charge < -0.3 is 10.5 Å². The number of anilines is 1. The Morgan fingerprint density at radius 1 is 1.19 bits per heavy atom. The molecule has 16 heavy (non-hydrogen) atoms. The Balaban J connectivity index is 2.26. The maximum Gasteiger partial charge on any atom is 0.239 e. The minimum Gasteiger partial charge on any atom is -0.436 e. The molecule has 2 rings (SSSR count). The summed E-state index contributed by atoms with van der Waals surface area (Å²) in [5, 5.41) is 7.32. The van der Waals surface area contributed by atoms with Crippen molar-refractivity contribution in [1.82, 2.24) is 10.2 Å². The summed E-state index contributed by atoms with van der Waals surface area (Å²) in [6.07, 6.45) is 0. The van der Waals surface area contributed by atoms with Gasteiger partial charge >= 0.3 is 0 Å². The molecule has 0 atom stereocenters. The summed E-state index contributed by atoms with van der Waals surface area (Å²) in [5.41, 5.74) is 5.38. The molecule has 0 saturated carbocycles. The molecule has 0 aliphatic carbocycles. The second-order valence-corrected chi connectivity index (χ2v) is 3.83. The van der Waals surface area contributed by atoms with Gasteiger partial charge in [0.05, 0.1) is 4.47 Å². The van der Waals surface area contributed by atoms with E-state index in [2.05, 4.69) is 26.1 Å². The summed E-state index contributed by atoms with van der Waals surface area (Å²) in [6.45, 7) is 0. The minimum absolute atomic E-state index is 0.250. The monoisotopic (exact) mass is 283 g/mol. The van der Waals surface area contributed by atoms with Crippen LogP contribution in [0.2, 0.25) is 0 Å². The van der Waals surface area contributed by atoms with Crippen molar-refractivity contribution in [3.63, 3.8) is 0 Å². The van der Waals surface area contributed by atoms with Crippen LogP contribution < -0.4 is 10.5 Å². The maximum absolute atomic E-state index is 13.0. The Bertz CT molecular complexity index is 504.